The Bertz CT molecular complexity index is 1170. The molecule has 4 rings (SSSR count). The first-order chi connectivity index (χ1) is 14.0. The zero-order chi connectivity index (χ0) is 20.4. The number of nitrogens with two attached hydrogens (primary N) is 1. The highest BCUT2D eigenvalue weighted by molar-refractivity contribution is 5.94. The van der Waals surface area contributed by atoms with Gasteiger partial charge in [-0.15, -0.1) is 10.2 Å². The molecule has 0 atom stereocenters. The average molecular weight is 387 g/mol. The quantitative estimate of drug-likeness (QED) is 0.566. The minimum absolute atomic E-state index is 0.0634. The number of hydrogen-bond acceptors (Lipinski definition) is 8. The van der Waals surface area contributed by atoms with Gasteiger partial charge in [0.25, 0.3) is 11.8 Å². The monoisotopic (exact) mass is 387 g/mol. The fraction of sp³-hybridized carbons (Fsp3) is 0.100. The molecule has 0 spiro atoms. The molecule has 1 aromatic carbocycles. The van der Waals surface area contributed by atoms with E-state index < -0.39 is 0 Å². The number of aromatic nitrogens is 5. The smallest absolute Gasteiger partial charge is 0.268 e. The molecule has 0 fully saturated rings. The molecule has 0 saturated carbocycles. The van der Waals surface area contributed by atoms with E-state index in [1.165, 1.54) is 4.90 Å². The summed E-state index contributed by atoms with van der Waals surface area (Å²) in [6.45, 7) is 0. The molecule has 1 amide bonds. The molecule has 0 radical (unpaired) electrons. The van der Waals surface area contributed by atoms with Crippen molar-refractivity contribution in [1.29, 1.82) is 0 Å². The highest BCUT2D eigenvalue weighted by atomic mass is 16.4. The van der Waals surface area contributed by atoms with Crippen LogP contribution in [0.2, 0.25) is 0 Å². The summed E-state index contributed by atoms with van der Waals surface area (Å²) < 4.78 is 5.72. The van der Waals surface area contributed by atoms with E-state index in [1.807, 2.05) is 12.1 Å². The number of hydrogen-bond donors (Lipinski definition) is 1. The van der Waals surface area contributed by atoms with E-state index in [1.54, 1.807) is 57.0 Å². The van der Waals surface area contributed by atoms with Crippen LogP contribution in [-0.4, -0.2) is 50.1 Å². The number of rotatable bonds is 4. The standard InChI is InChI=1S/C20H17N7O2/c1-27(2)20(28)13-5-3-12(4-6-13)15-10-22-11-16(24-15)19-26-25-18(29-19)14-7-8-23-17(21)9-14/h3-11H,1-2H3,(H2,21,23). The van der Waals surface area contributed by atoms with Gasteiger partial charge in [0.1, 0.15) is 11.5 Å². The van der Waals surface area contributed by atoms with Crippen molar-refractivity contribution in [2.24, 2.45) is 0 Å². The number of benzene rings is 1. The molecule has 0 unspecified atom stereocenters. The van der Waals surface area contributed by atoms with Crippen molar-refractivity contribution >= 4 is 11.7 Å². The first kappa shape index (κ1) is 18.2. The Morgan fingerprint density at radius 3 is 2.41 bits per heavy atom. The van der Waals surface area contributed by atoms with Crippen molar-refractivity contribution in [2.75, 3.05) is 19.8 Å². The van der Waals surface area contributed by atoms with E-state index in [4.69, 9.17) is 10.2 Å². The zero-order valence-electron chi connectivity index (χ0n) is 15.8. The van der Waals surface area contributed by atoms with Gasteiger partial charge in [0.15, 0.2) is 0 Å². The van der Waals surface area contributed by atoms with Gasteiger partial charge in [-0.25, -0.2) is 9.97 Å². The van der Waals surface area contributed by atoms with Gasteiger partial charge in [-0.2, -0.15) is 0 Å². The van der Waals surface area contributed by atoms with Gasteiger partial charge < -0.3 is 15.1 Å². The van der Waals surface area contributed by atoms with Crippen molar-refractivity contribution in [1.82, 2.24) is 30.0 Å². The SMILES string of the molecule is CN(C)C(=O)c1ccc(-c2cncc(-c3nnc(-c4ccnc(N)c4)o3)n2)cc1. The molecule has 0 aliphatic rings. The van der Waals surface area contributed by atoms with Crippen molar-refractivity contribution in [3.63, 3.8) is 0 Å². The van der Waals surface area contributed by atoms with Crippen LogP contribution in [-0.2, 0) is 0 Å². The second-order valence-corrected chi connectivity index (χ2v) is 6.45. The third-order valence-corrected chi connectivity index (χ3v) is 4.14. The van der Waals surface area contributed by atoms with Gasteiger partial charge in [0.2, 0.25) is 5.89 Å². The Balaban J connectivity index is 1.62. The van der Waals surface area contributed by atoms with Crippen LogP contribution in [0.25, 0.3) is 34.3 Å². The molecular weight excluding hydrogens is 370 g/mol. The number of carbonyl (C=O) groups excluding carboxylic acids is 1. The molecule has 0 aliphatic carbocycles. The fourth-order valence-electron chi connectivity index (χ4n) is 2.67. The number of nitrogens with zero attached hydrogens (tertiary/aromatic N) is 6. The minimum atomic E-state index is -0.0634. The van der Waals surface area contributed by atoms with Crippen LogP contribution in [0, 0.1) is 0 Å². The molecule has 29 heavy (non-hydrogen) atoms. The lowest BCUT2D eigenvalue weighted by Crippen LogP contribution is -2.21. The minimum Gasteiger partial charge on any atom is -0.415 e. The second-order valence-electron chi connectivity index (χ2n) is 6.45. The van der Waals surface area contributed by atoms with Crippen LogP contribution in [0.5, 0.6) is 0 Å². The molecular formula is C20H17N7O2. The summed E-state index contributed by atoms with van der Waals surface area (Å²) in [6, 6.07) is 10.5. The molecule has 3 aromatic heterocycles. The maximum absolute atomic E-state index is 12.0. The van der Waals surface area contributed by atoms with Crippen LogP contribution in [0.1, 0.15) is 10.4 Å². The van der Waals surface area contributed by atoms with Gasteiger partial charge in [-0.3, -0.25) is 9.78 Å². The van der Waals surface area contributed by atoms with Gasteiger partial charge in [-0.1, -0.05) is 12.1 Å². The number of carbonyl (C=O) groups is 1. The molecule has 0 saturated heterocycles. The molecule has 0 aliphatic heterocycles. The lowest BCUT2D eigenvalue weighted by molar-refractivity contribution is 0.0827. The Morgan fingerprint density at radius 2 is 1.69 bits per heavy atom. The van der Waals surface area contributed by atoms with Gasteiger partial charge in [0.05, 0.1) is 18.1 Å². The second kappa shape index (κ2) is 7.47. The highest BCUT2D eigenvalue weighted by Crippen LogP contribution is 2.25. The van der Waals surface area contributed by atoms with E-state index in [9.17, 15) is 4.79 Å². The number of pyridine rings is 1. The Hall–Kier alpha value is -4.14. The molecule has 3 heterocycles. The van der Waals surface area contributed by atoms with Crippen molar-refractivity contribution in [2.45, 2.75) is 0 Å². The van der Waals surface area contributed by atoms with E-state index in [0.29, 0.717) is 34.2 Å². The first-order valence-electron chi connectivity index (χ1n) is 8.71. The maximum Gasteiger partial charge on any atom is 0.268 e. The summed E-state index contributed by atoms with van der Waals surface area (Å²) in [5, 5.41) is 8.10. The summed E-state index contributed by atoms with van der Waals surface area (Å²) in [7, 11) is 3.42. The van der Waals surface area contributed by atoms with Gasteiger partial charge in [-0.05, 0) is 24.3 Å². The summed E-state index contributed by atoms with van der Waals surface area (Å²) in [5.74, 6) is 0.851. The Kier molecular flexibility index (Phi) is 4.70. The molecule has 144 valence electrons. The number of anilines is 1. The van der Waals surface area contributed by atoms with E-state index in [0.717, 1.165) is 5.56 Å². The van der Waals surface area contributed by atoms with Crippen LogP contribution in [0.15, 0.2) is 59.4 Å². The molecule has 2 N–H and O–H groups in total. The van der Waals surface area contributed by atoms with Crippen LogP contribution >= 0.6 is 0 Å². The van der Waals surface area contributed by atoms with Gasteiger partial charge in [0, 0.05) is 37.0 Å². The largest absolute Gasteiger partial charge is 0.415 e. The van der Waals surface area contributed by atoms with Crippen LogP contribution in [0.4, 0.5) is 5.82 Å². The maximum atomic E-state index is 12.0. The van der Waals surface area contributed by atoms with E-state index >= 15 is 0 Å². The zero-order valence-corrected chi connectivity index (χ0v) is 15.8. The third-order valence-electron chi connectivity index (χ3n) is 4.14. The Morgan fingerprint density at radius 1 is 0.966 bits per heavy atom. The molecule has 0 bridgehead atoms. The molecule has 9 nitrogen and oxygen atoms in total. The summed E-state index contributed by atoms with van der Waals surface area (Å²) in [6.07, 6.45) is 4.75. The number of nitrogen functional groups attached to an aromatic ring is 1. The summed E-state index contributed by atoms with van der Waals surface area (Å²) >= 11 is 0. The van der Waals surface area contributed by atoms with E-state index in [-0.39, 0.29) is 11.8 Å². The summed E-state index contributed by atoms with van der Waals surface area (Å²) in [5.41, 5.74) is 8.84. The first-order valence-corrected chi connectivity index (χ1v) is 8.71. The normalized spacial score (nSPS) is 10.7. The topological polar surface area (TPSA) is 124 Å². The Labute approximate surface area is 166 Å². The predicted molar refractivity (Wildman–Crippen MR) is 106 cm³/mol. The lowest BCUT2D eigenvalue weighted by atomic mass is 10.1. The van der Waals surface area contributed by atoms with Crippen molar-refractivity contribution in [3.8, 4) is 34.3 Å². The third kappa shape index (κ3) is 3.79. The van der Waals surface area contributed by atoms with Crippen molar-refractivity contribution < 1.29 is 9.21 Å². The average Bonchev–Trinajstić information content (AvgIpc) is 3.24. The van der Waals surface area contributed by atoms with Crippen LogP contribution < -0.4 is 5.73 Å². The molecule has 4 aromatic rings. The van der Waals surface area contributed by atoms with Crippen LogP contribution in [0.3, 0.4) is 0 Å². The fourth-order valence-corrected chi connectivity index (χ4v) is 2.67. The van der Waals surface area contributed by atoms with Crippen molar-refractivity contribution in [3.05, 3.63) is 60.6 Å². The number of amides is 1. The lowest BCUT2D eigenvalue weighted by Gasteiger charge is -2.10. The predicted octanol–water partition coefficient (Wildman–Crippen LogP) is 2.54. The molecule has 9 heteroatoms. The highest BCUT2D eigenvalue weighted by Gasteiger charge is 2.14. The van der Waals surface area contributed by atoms with E-state index in [2.05, 4.69) is 25.1 Å². The summed E-state index contributed by atoms with van der Waals surface area (Å²) in [4.78, 5) is 26.3. The van der Waals surface area contributed by atoms with Gasteiger partial charge >= 0.3 is 0 Å².